The van der Waals surface area contributed by atoms with Crippen molar-refractivity contribution in [1.82, 2.24) is 5.32 Å². The molecule has 0 spiro atoms. The van der Waals surface area contributed by atoms with Crippen molar-refractivity contribution >= 4 is 29.3 Å². The van der Waals surface area contributed by atoms with Gasteiger partial charge in [-0.3, -0.25) is 14.9 Å². The largest absolute Gasteiger partial charge is 0.466 e. The van der Waals surface area contributed by atoms with Gasteiger partial charge in [0.25, 0.3) is 11.6 Å². The molecule has 0 fully saturated rings. The van der Waals surface area contributed by atoms with E-state index in [0.29, 0.717) is 11.3 Å². The summed E-state index contributed by atoms with van der Waals surface area (Å²) in [4.78, 5) is 33.5. The summed E-state index contributed by atoms with van der Waals surface area (Å²) >= 11 is 0. The molecule has 26 heavy (non-hydrogen) atoms. The average Bonchev–Trinajstić information content (AvgIpc) is 3.18. The van der Waals surface area contributed by atoms with Gasteiger partial charge in [0.05, 0.1) is 18.3 Å². The van der Waals surface area contributed by atoms with Gasteiger partial charge in [-0.1, -0.05) is 6.07 Å². The molecule has 136 valence electrons. The monoisotopic (exact) mass is 359 g/mol. The summed E-state index contributed by atoms with van der Waals surface area (Å²) in [6.45, 7) is 0.533. The summed E-state index contributed by atoms with van der Waals surface area (Å²) in [6.07, 6.45) is 4.00. The molecule has 0 aliphatic heterocycles. The Kier molecular flexibility index (Phi) is 6.49. The Bertz CT molecular complexity index is 814. The summed E-state index contributed by atoms with van der Waals surface area (Å²) in [6, 6.07) is 7.63. The van der Waals surface area contributed by atoms with Gasteiger partial charge in [0.2, 0.25) is 0 Å². The van der Waals surface area contributed by atoms with Gasteiger partial charge >= 0.3 is 5.97 Å². The van der Waals surface area contributed by atoms with Crippen LogP contribution in [0.4, 0.5) is 11.4 Å². The lowest BCUT2D eigenvalue weighted by Gasteiger charge is -2.08. The smallest absolute Gasteiger partial charge is 0.330 e. The predicted octanol–water partition coefficient (Wildman–Crippen LogP) is 2.22. The number of carbonyl (C=O) groups is 2. The van der Waals surface area contributed by atoms with Crippen molar-refractivity contribution in [3.05, 3.63) is 64.1 Å². The van der Waals surface area contributed by atoms with E-state index in [9.17, 15) is 19.7 Å². The van der Waals surface area contributed by atoms with Gasteiger partial charge < -0.3 is 19.8 Å². The first-order chi connectivity index (χ1) is 12.5. The summed E-state index contributed by atoms with van der Waals surface area (Å²) in [5, 5.41) is 16.8. The number of hydrogen-bond donors (Lipinski definition) is 2. The third-order valence-corrected chi connectivity index (χ3v) is 3.30. The number of anilines is 1. The van der Waals surface area contributed by atoms with Crippen LogP contribution >= 0.6 is 0 Å². The number of nitrogens with one attached hydrogen (secondary N) is 2. The van der Waals surface area contributed by atoms with Crippen molar-refractivity contribution < 1.29 is 23.7 Å². The number of amides is 1. The number of methoxy groups -OCH3 is 1. The number of carbonyl (C=O) groups excluding carboxylic acids is 2. The first-order valence-electron chi connectivity index (χ1n) is 7.61. The van der Waals surface area contributed by atoms with Crippen molar-refractivity contribution in [2.75, 3.05) is 25.5 Å². The minimum atomic E-state index is -0.554. The molecule has 9 heteroatoms. The molecule has 1 heterocycles. The van der Waals surface area contributed by atoms with Crippen molar-refractivity contribution in [2.24, 2.45) is 0 Å². The normalized spacial score (nSPS) is 10.5. The Labute approximate surface area is 148 Å². The molecule has 2 N–H and O–H groups in total. The van der Waals surface area contributed by atoms with Crippen molar-refractivity contribution in [1.29, 1.82) is 0 Å². The molecule has 2 aromatic rings. The molecule has 0 saturated carbocycles. The molecule has 1 amide bonds. The lowest BCUT2D eigenvalue weighted by atomic mass is 10.1. The molecular weight excluding hydrogens is 342 g/mol. The number of benzene rings is 1. The van der Waals surface area contributed by atoms with E-state index in [0.717, 1.165) is 0 Å². The number of rotatable bonds is 8. The van der Waals surface area contributed by atoms with E-state index >= 15 is 0 Å². The number of nitrogens with zero attached hydrogens (tertiary/aromatic N) is 1. The van der Waals surface area contributed by atoms with E-state index in [-0.39, 0.29) is 30.4 Å². The fourth-order valence-electron chi connectivity index (χ4n) is 2.05. The summed E-state index contributed by atoms with van der Waals surface area (Å²) in [5.74, 6) is -0.727. The Hall–Kier alpha value is -3.62. The Morgan fingerprint density at radius 3 is 2.77 bits per heavy atom. The van der Waals surface area contributed by atoms with Gasteiger partial charge in [-0.15, -0.1) is 0 Å². The van der Waals surface area contributed by atoms with E-state index in [2.05, 4.69) is 15.4 Å². The van der Waals surface area contributed by atoms with Crippen molar-refractivity contribution in [3.63, 3.8) is 0 Å². The highest BCUT2D eigenvalue weighted by molar-refractivity contribution is 5.91. The van der Waals surface area contributed by atoms with Crippen LogP contribution in [0.25, 0.3) is 6.08 Å². The second-order valence-electron chi connectivity index (χ2n) is 5.05. The Morgan fingerprint density at radius 1 is 1.31 bits per heavy atom. The molecule has 0 aliphatic carbocycles. The molecule has 0 unspecified atom stereocenters. The third-order valence-electron chi connectivity index (χ3n) is 3.30. The molecule has 1 aromatic carbocycles. The fraction of sp³-hybridized carbons (Fsp3) is 0.176. The lowest BCUT2D eigenvalue weighted by Crippen LogP contribution is -2.28. The number of nitro groups is 1. The number of nitro benzene ring substituents is 1. The zero-order valence-electron chi connectivity index (χ0n) is 13.9. The van der Waals surface area contributed by atoms with Gasteiger partial charge in [0.15, 0.2) is 5.76 Å². The Morgan fingerprint density at radius 2 is 2.12 bits per heavy atom. The van der Waals surface area contributed by atoms with E-state index in [1.807, 2.05) is 0 Å². The molecule has 0 atom stereocenters. The molecule has 0 bridgehead atoms. The maximum absolute atomic E-state index is 11.7. The number of hydrogen-bond acceptors (Lipinski definition) is 7. The van der Waals surface area contributed by atoms with E-state index in [1.54, 1.807) is 12.1 Å². The van der Waals surface area contributed by atoms with Crippen LogP contribution in [-0.4, -0.2) is 37.0 Å². The van der Waals surface area contributed by atoms with Crippen LogP contribution in [-0.2, 0) is 9.53 Å². The maximum Gasteiger partial charge on any atom is 0.330 e. The van der Waals surface area contributed by atoms with Crippen molar-refractivity contribution in [3.8, 4) is 0 Å². The maximum atomic E-state index is 11.7. The third kappa shape index (κ3) is 5.20. The molecular formula is C17H17N3O6. The molecule has 0 radical (unpaired) electrons. The molecule has 2 rings (SSSR count). The quantitative estimate of drug-likeness (QED) is 0.243. The summed E-state index contributed by atoms with van der Waals surface area (Å²) < 4.78 is 9.43. The van der Waals surface area contributed by atoms with Crippen molar-refractivity contribution in [2.45, 2.75) is 0 Å². The van der Waals surface area contributed by atoms with Crippen LogP contribution in [0.3, 0.4) is 0 Å². The highest BCUT2D eigenvalue weighted by atomic mass is 16.6. The first kappa shape index (κ1) is 18.7. The predicted molar refractivity (Wildman–Crippen MR) is 93.7 cm³/mol. The van der Waals surface area contributed by atoms with Gasteiger partial charge in [-0.05, 0) is 29.8 Å². The number of ether oxygens (including phenoxy) is 1. The highest BCUT2D eigenvalue weighted by Crippen LogP contribution is 2.26. The lowest BCUT2D eigenvalue weighted by molar-refractivity contribution is -0.384. The SMILES string of the molecule is COC(=O)/C=C/c1ccc(NCCNC(=O)c2ccco2)c([N+](=O)[O-])c1. The van der Waals surface area contributed by atoms with Gasteiger partial charge in [0, 0.05) is 25.2 Å². The van der Waals surface area contributed by atoms with Crippen LogP contribution in [0.5, 0.6) is 0 Å². The van der Waals surface area contributed by atoms with E-state index in [4.69, 9.17) is 4.42 Å². The molecule has 0 aliphatic rings. The van der Waals surface area contributed by atoms with Crippen LogP contribution in [0.2, 0.25) is 0 Å². The summed E-state index contributed by atoms with van der Waals surface area (Å²) in [7, 11) is 1.24. The zero-order valence-corrected chi connectivity index (χ0v) is 13.9. The topological polar surface area (TPSA) is 124 Å². The van der Waals surface area contributed by atoms with E-state index < -0.39 is 10.9 Å². The number of esters is 1. The average molecular weight is 359 g/mol. The Balaban J connectivity index is 1.95. The fourth-order valence-corrected chi connectivity index (χ4v) is 2.05. The minimum absolute atomic E-state index is 0.144. The molecule has 1 aromatic heterocycles. The first-order valence-corrected chi connectivity index (χ1v) is 7.61. The summed E-state index contributed by atoms with van der Waals surface area (Å²) in [5.41, 5.74) is 0.644. The zero-order chi connectivity index (χ0) is 18.9. The van der Waals surface area contributed by atoms with Crippen LogP contribution in [0.15, 0.2) is 47.1 Å². The van der Waals surface area contributed by atoms with Gasteiger partial charge in [-0.2, -0.15) is 0 Å². The molecule has 9 nitrogen and oxygen atoms in total. The second-order valence-corrected chi connectivity index (χ2v) is 5.05. The highest BCUT2D eigenvalue weighted by Gasteiger charge is 2.14. The van der Waals surface area contributed by atoms with E-state index in [1.165, 1.54) is 43.7 Å². The van der Waals surface area contributed by atoms with Gasteiger partial charge in [0.1, 0.15) is 5.69 Å². The standard InChI is InChI=1S/C17H17N3O6/c1-25-16(21)7-5-12-4-6-13(14(11-12)20(23)24)18-8-9-19-17(22)15-3-2-10-26-15/h2-7,10-11,18H,8-9H2,1H3,(H,19,22)/b7-5+. The van der Waals surface area contributed by atoms with Crippen LogP contribution in [0, 0.1) is 10.1 Å². The minimum Gasteiger partial charge on any atom is -0.466 e. The van der Waals surface area contributed by atoms with Crippen LogP contribution in [0.1, 0.15) is 16.1 Å². The second kappa shape index (κ2) is 9.02. The molecule has 0 saturated heterocycles. The van der Waals surface area contributed by atoms with Crippen LogP contribution < -0.4 is 10.6 Å². The van der Waals surface area contributed by atoms with Gasteiger partial charge in [-0.25, -0.2) is 4.79 Å². The number of furan rings is 1.